The lowest BCUT2D eigenvalue weighted by Gasteiger charge is -2.05. The molecule has 0 unspecified atom stereocenters. The highest BCUT2D eigenvalue weighted by atomic mass is 127. The van der Waals surface area contributed by atoms with Gasteiger partial charge in [-0.05, 0) is 47.7 Å². The highest BCUT2D eigenvalue weighted by Gasteiger charge is 2.08. The Hall–Kier alpha value is -0.780. The molecule has 0 amide bonds. The van der Waals surface area contributed by atoms with Gasteiger partial charge in [-0.1, -0.05) is 0 Å². The summed E-state index contributed by atoms with van der Waals surface area (Å²) in [5, 5.41) is 0. The zero-order valence-electron chi connectivity index (χ0n) is 8.04. The van der Waals surface area contributed by atoms with Gasteiger partial charge in [0.15, 0.2) is 0 Å². The number of methoxy groups -OCH3 is 1. The topological polar surface area (TPSA) is 35.5 Å². The van der Waals surface area contributed by atoms with Crippen LogP contribution in [0.5, 0.6) is 5.75 Å². The molecule has 0 aliphatic heterocycles. The van der Waals surface area contributed by atoms with E-state index in [1.54, 1.807) is 26.2 Å². The van der Waals surface area contributed by atoms with E-state index in [9.17, 15) is 4.79 Å². The largest absolute Gasteiger partial charge is 0.497 e. The Labute approximate surface area is 96.5 Å². The van der Waals surface area contributed by atoms with E-state index in [1.807, 2.05) is 6.07 Å². The van der Waals surface area contributed by atoms with Crippen LogP contribution in [-0.4, -0.2) is 19.7 Å². The summed E-state index contributed by atoms with van der Waals surface area (Å²) in [4.78, 5) is 11.4. The summed E-state index contributed by atoms with van der Waals surface area (Å²) in [5.41, 5.74) is 0.524. The van der Waals surface area contributed by atoms with Crippen LogP contribution in [-0.2, 0) is 4.74 Å². The van der Waals surface area contributed by atoms with E-state index in [0.717, 1.165) is 3.57 Å². The monoisotopic (exact) mass is 306 g/mol. The molecule has 0 N–H and O–H groups in total. The summed E-state index contributed by atoms with van der Waals surface area (Å²) in [6.45, 7) is 2.16. The standard InChI is InChI=1S/C10H11IO3/c1-3-14-10(12)7-4-8(11)6-9(5-7)13-2/h4-6H,3H2,1-2H3. The number of carbonyl (C=O) groups is 1. The van der Waals surface area contributed by atoms with E-state index in [4.69, 9.17) is 9.47 Å². The van der Waals surface area contributed by atoms with Crippen molar-refractivity contribution in [3.05, 3.63) is 27.3 Å². The highest BCUT2D eigenvalue weighted by Crippen LogP contribution is 2.18. The maximum atomic E-state index is 11.4. The first-order chi connectivity index (χ1) is 6.67. The first kappa shape index (κ1) is 11.3. The summed E-state index contributed by atoms with van der Waals surface area (Å²) in [5.74, 6) is 0.351. The molecule has 0 saturated carbocycles. The quantitative estimate of drug-likeness (QED) is 0.636. The van der Waals surface area contributed by atoms with Crippen molar-refractivity contribution in [1.82, 2.24) is 0 Å². The molecule has 76 valence electrons. The van der Waals surface area contributed by atoms with E-state index in [2.05, 4.69) is 22.6 Å². The van der Waals surface area contributed by atoms with Crippen LogP contribution in [0, 0.1) is 3.57 Å². The molecule has 0 radical (unpaired) electrons. The van der Waals surface area contributed by atoms with Gasteiger partial charge in [0, 0.05) is 3.57 Å². The Morgan fingerprint density at radius 1 is 1.43 bits per heavy atom. The third-order valence-corrected chi connectivity index (χ3v) is 2.24. The number of rotatable bonds is 3. The molecule has 0 bridgehead atoms. The molecule has 0 saturated heterocycles. The van der Waals surface area contributed by atoms with Gasteiger partial charge in [0.2, 0.25) is 0 Å². The van der Waals surface area contributed by atoms with Gasteiger partial charge in [0.25, 0.3) is 0 Å². The van der Waals surface area contributed by atoms with Crippen LogP contribution in [0.25, 0.3) is 0 Å². The molecule has 0 aliphatic rings. The van der Waals surface area contributed by atoms with Crippen LogP contribution in [0.3, 0.4) is 0 Å². The minimum Gasteiger partial charge on any atom is -0.497 e. The molecule has 0 atom stereocenters. The molecule has 0 fully saturated rings. The van der Waals surface area contributed by atoms with Crippen LogP contribution in [0.15, 0.2) is 18.2 Å². The van der Waals surface area contributed by atoms with E-state index >= 15 is 0 Å². The Morgan fingerprint density at radius 2 is 2.14 bits per heavy atom. The summed E-state index contributed by atoms with van der Waals surface area (Å²) in [7, 11) is 1.57. The van der Waals surface area contributed by atoms with Crippen molar-refractivity contribution >= 4 is 28.6 Å². The summed E-state index contributed by atoms with van der Waals surface area (Å²) in [6.07, 6.45) is 0. The lowest BCUT2D eigenvalue weighted by atomic mass is 10.2. The predicted octanol–water partition coefficient (Wildman–Crippen LogP) is 2.48. The van der Waals surface area contributed by atoms with Crippen LogP contribution in [0.4, 0.5) is 0 Å². The minimum absolute atomic E-state index is 0.315. The fourth-order valence-corrected chi connectivity index (χ4v) is 1.66. The third kappa shape index (κ3) is 2.87. The van der Waals surface area contributed by atoms with Crippen molar-refractivity contribution in [2.45, 2.75) is 6.92 Å². The van der Waals surface area contributed by atoms with Gasteiger partial charge >= 0.3 is 5.97 Å². The Kier molecular flexibility index (Phi) is 4.19. The van der Waals surface area contributed by atoms with Crippen molar-refractivity contribution in [1.29, 1.82) is 0 Å². The zero-order chi connectivity index (χ0) is 10.6. The van der Waals surface area contributed by atoms with Crippen molar-refractivity contribution in [3.63, 3.8) is 0 Å². The van der Waals surface area contributed by atoms with E-state index in [-0.39, 0.29) is 5.97 Å². The normalized spacial score (nSPS) is 9.64. The molecule has 14 heavy (non-hydrogen) atoms. The summed E-state index contributed by atoms with van der Waals surface area (Å²) < 4.78 is 10.9. The third-order valence-electron chi connectivity index (χ3n) is 1.62. The number of esters is 1. The Morgan fingerprint density at radius 3 is 2.71 bits per heavy atom. The van der Waals surface area contributed by atoms with Gasteiger partial charge in [-0.25, -0.2) is 4.79 Å². The number of carbonyl (C=O) groups excluding carboxylic acids is 1. The average Bonchev–Trinajstić information content (AvgIpc) is 2.17. The number of benzene rings is 1. The van der Waals surface area contributed by atoms with Gasteiger partial charge in [0.1, 0.15) is 5.75 Å². The van der Waals surface area contributed by atoms with Crippen LogP contribution >= 0.6 is 22.6 Å². The SMILES string of the molecule is CCOC(=O)c1cc(I)cc(OC)c1. The highest BCUT2D eigenvalue weighted by molar-refractivity contribution is 14.1. The Balaban J connectivity index is 2.96. The molecule has 4 heteroatoms. The van der Waals surface area contributed by atoms with Gasteiger partial charge in [-0.3, -0.25) is 0 Å². The number of hydrogen-bond donors (Lipinski definition) is 0. The molecule has 3 nitrogen and oxygen atoms in total. The lowest BCUT2D eigenvalue weighted by Crippen LogP contribution is -2.05. The molecular formula is C10H11IO3. The average molecular weight is 306 g/mol. The van der Waals surface area contributed by atoms with Crippen molar-refractivity contribution < 1.29 is 14.3 Å². The molecule has 0 aliphatic carbocycles. The van der Waals surface area contributed by atoms with Gasteiger partial charge < -0.3 is 9.47 Å². The second kappa shape index (κ2) is 5.19. The van der Waals surface area contributed by atoms with Gasteiger partial charge in [0.05, 0.1) is 19.3 Å². The van der Waals surface area contributed by atoms with Gasteiger partial charge in [-0.2, -0.15) is 0 Å². The van der Waals surface area contributed by atoms with Gasteiger partial charge in [-0.15, -0.1) is 0 Å². The molecule has 1 aromatic rings. The van der Waals surface area contributed by atoms with E-state index < -0.39 is 0 Å². The summed E-state index contributed by atoms with van der Waals surface area (Å²) >= 11 is 2.13. The first-order valence-corrected chi connectivity index (χ1v) is 5.27. The molecule has 0 aromatic heterocycles. The van der Waals surface area contributed by atoms with Crippen molar-refractivity contribution in [2.24, 2.45) is 0 Å². The minimum atomic E-state index is -0.315. The molecule has 1 rings (SSSR count). The summed E-state index contributed by atoms with van der Waals surface area (Å²) in [6, 6.07) is 5.28. The smallest absolute Gasteiger partial charge is 0.338 e. The fourth-order valence-electron chi connectivity index (χ4n) is 1.01. The Bertz CT molecular complexity index is 336. The first-order valence-electron chi connectivity index (χ1n) is 4.19. The van der Waals surface area contributed by atoms with Crippen LogP contribution in [0.2, 0.25) is 0 Å². The van der Waals surface area contributed by atoms with Crippen molar-refractivity contribution in [3.8, 4) is 5.75 Å². The number of hydrogen-bond acceptors (Lipinski definition) is 3. The molecule has 0 heterocycles. The van der Waals surface area contributed by atoms with E-state index in [0.29, 0.717) is 17.9 Å². The lowest BCUT2D eigenvalue weighted by molar-refractivity contribution is 0.0526. The van der Waals surface area contributed by atoms with Crippen molar-refractivity contribution in [2.75, 3.05) is 13.7 Å². The molecule has 0 spiro atoms. The fraction of sp³-hybridized carbons (Fsp3) is 0.300. The second-order valence-corrected chi connectivity index (χ2v) is 3.85. The number of ether oxygens (including phenoxy) is 2. The van der Waals surface area contributed by atoms with E-state index in [1.165, 1.54) is 0 Å². The maximum Gasteiger partial charge on any atom is 0.338 e. The molecule has 1 aromatic carbocycles. The molecular weight excluding hydrogens is 295 g/mol. The van der Waals surface area contributed by atoms with Crippen LogP contribution < -0.4 is 4.74 Å². The van der Waals surface area contributed by atoms with Crippen LogP contribution in [0.1, 0.15) is 17.3 Å². The number of halogens is 1. The zero-order valence-corrected chi connectivity index (χ0v) is 10.2. The predicted molar refractivity (Wildman–Crippen MR) is 61.7 cm³/mol. The second-order valence-electron chi connectivity index (χ2n) is 2.60. The maximum absolute atomic E-state index is 11.4.